The number of carbonyl (C=O) groups is 4. The molecule has 2 aromatic carbocycles. The molecule has 0 fully saturated rings. The van der Waals surface area contributed by atoms with E-state index in [9.17, 15) is 24.3 Å². The zero-order valence-corrected chi connectivity index (χ0v) is 33.5. The molecule has 11 heteroatoms. The van der Waals surface area contributed by atoms with E-state index in [1.807, 2.05) is 0 Å². The smallest absolute Gasteiger partial charge is 0.412 e. The molecule has 0 bridgehead atoms. The van der Waals surface area contributed by atoms with Crippen LogP contribution in [0.2, 0.25) is 0 Å². The average molecular weight is 783 g/mol. The van der Waals surface area contributed by atoms with Crippen LogP contribution in [0.15, 0.2) is 109 Å². The second-order valence-electron chi connectivity index (χ2n) is 12.5. The van der Waals surface area contributed by atoms with Gasteiger partial charge >= 0.3 is 6.09 Å². The van der Waals surface area contributed by atoms with E-state index in [0.717, 1.165) is 44.9 Å². The first-order chi connectivity index (χ1) is 27.7. The van der Waals surface area contributed by atoms with Crippen molar-refractivity contribution in [1.82, 2.24) is 10.6 Å². The summed E-state index contributed by atoms with van der Waals surface area (Å²) in [5.74, 6) is -0.108. The second-order valence-corrected chi connectivity index (χ2v) is 12.5. The van der Waals surface area contributed by atoms with Crippen LogP contribution in [0.5, 0.6) is 23.0 Å². The van der Waals surface area contributed by atoms with Crippen molar-refractivity contribution in [1.29, 1.82) is 0 Å². The predicted octanol–water partition coefficient (Wildman–Crippen LogP) is 8.81. The van der Waals surface area contributed by atoms with E-state index >= 15 is 0 Å². The van der Waals surface area contributed by atoms with Crippen LogP contribution in [-0.2, 0) is 19.1 Å². The number of benzene rings is 2. The first-order valence-corrected chi connectivity index (χ1v) is 19.3. The Morgan fingerprint density at radius 3 is 1.75 bits per heavy atom. The number of hydrogen-bond donors (Lipinski definition) is 3. The number of ketones is 2. The number of nitrogens with one attached hydrogen (secondary N) is 2. The third-order valence-corrected chi connectivity index (χ3v) is 7.88. The highest BCUT2D eigenvalue weighted by atomic mass is 16.6. The second kappa shape index (κ2) is 30.3. The van der Waals surface area contributed by atoms with Gasteiger partial charge in [-0.15, -0.1) is 0 Å². The van der Waals surface area contributed by atoms with Crippen molar-refractivity contribution in [3.05, 3.63) is 120 Å². The first kappa shape index (κ1) is 47.2. The van der Waals surface area contributed by atoms with E-state index < -0.39 is 11.9 Å². The minimum Gasteiger partial charge on any atom is -0.504 e. The molecule has 2 amide bonds. The summed E-state index contributed by atoms with van der Waals surface area (Å²) in [5.41, 5.74) is 1.23. The Morgan fingerprint density at radius 1 is 0.649 bits per heavy atom. The zero-order valence-electron chi connectivity index (χ0n) is 33.5. The molecule has 2 aromatic rings. The van der Waals surface area contributed by atoms with Gasteiger partial charge in [0.15, 0.2) is 34.6 Å². The van der Waals surface area contributed by atoms with Crippen molar-refractivity contribution in [3.63, 3.8) is 0 Å². The van der Waals surface area contributed by atoms with Crippen molar-refractivity contribution >= 4 is 35.7 Å². The number of rotatable bonds is 28. The van der Waals surface area contributed by atoms with E-state index in [-0.39, 0.29) is 54.3 Å². The van der Waals surface area contributed by atoms with Crippen LogP contribution in [-0.4, -0.2) is 69.2 Å². The Bertz CT molecular complexity index is 1750. The Morgan fingerprint density at radius 2 is 1.18 bits per heavy atom. The molecule has 0 aliphatic heterocycles. The largest absolute Gasteiger partial charge is 0.504 e. The Hall–Kier alpha value is -5.94. The first-order valence-electron chi connectivity index (χ1n) is 19.3. The molecule has 0 aromatic heterocycles. The fraction of sp³-hybridized carbons (Fsp3) is 0.348. The molecular weight excluding hydrogens is 725 g/mol. The quantitative estimate of drug-likeness (QED) is 0.0333. The van der Waals surface area contributed by atoms with Gasteiger partial charge in [0, 0.05) is 19.5 Å². The van der Waals surface area contributed by atoms with Crippen molar-refractivity contribution in [2.24, 2.45) is 0 Å². The van der Waals surface area contributed by atoms with E-state index in [1.165, 1.54) is 50.7 Å². The van der Waals surface area contributed by atoms with E-state index in [1.54, 1.807) is 24.3 Å². The summed E-state index contributed by atoms with van der Waals surface area (Å²) in [6.45, 7) is 3.25. The normalized spacial score (nSPS) is 11.9. The zero-order chi connectivity index (χ0) is 41.4. The molecule has 0 aliphatic rings. The molecule has 0 saturated carbocycles. The van der Waals surface area contributed by atoms with Crippen LogP contribution < -0.4 is 24.8 Å². The van der Waals surface area contributed by atoms with E-state index in [4.69, 9.17) is 18.9 Å². The van der Waals surface area contributed by atoms with Gasteiger partial charge in [-0.1, -0.05) is 92.0 Å². The summed E-state index contributed by atoms with van der Waals surface area (Å²) in [6, 6.07) is 9.40. The van der Waals surface area contributed by atoms with Crippen LogP contribution in [0.4, 0.5) is 4.79 Å². The predicted molar refractivity (Wildman–Crippen MR) is 227 cm³/mol. The summed E-state index contributed by atoms with van der Waals surface area (Å²) in [7, 11) is 2.85. The maximum atomic E-state index is 12.4. The monoisotopic (exact) mass is 782 g/mol. The Labute approximate surface area is 337 Å². The van der Waals surface area contributed by atoms with Crippen molar-refractivity contribution in [2.45, 2.75) is 64.7 Å². The maximum Gasteiger partial charge on any atom is 0.412 e. The van der Waals surface area contributed by atoms with Crippen LogP contribution in [0.25, 0.3) is 12.2 Å². The summed E-state index contributed by atoms with van der Waals surface area (Å²) < 4.78 is 21.2. The molecule has 0 spiro atoms. The van der Waals surface area contributed by atoms with Crippen molar-refractivity contribution in [3.8, 4) is 23.0 Å². The van der Waals surface area contributed by atoms with Crippen molar-refractivity contribution in [2.75, 3.05) is 40.5 Å². The number of phenolic OH excluding ortho intramolecular Hbond substituents is 1. The fourth-order valence-electron chi connectivity index (χ4n) is 4.90. The van der Waals surface area contributed by atoms with Gasteiger partial charge in [-0.05, 0) is 92.5 Å². The third-order valence-electron chi connectivity index (χ3n) is 7.88. The number of methoxy groups -OCH3 is 2. The average Bonchev–Trinajstić information content (AvgIpc) is 3.20. The molecule has 0 heterocycles. The number of hydrogen-bond acceptors (Lipinski definition) is 9. The third kappa shape index (κ3) is 22.9. The lowest BCUT2D eigenvalue weighted by Gasteiger charge is -2.11. The SMILES string of the molecule is CC/C=C\C/C=C\C/C=C\C/C=C\C/C=C\CCCC(=O)NCCOCCNC(=O)Oc1ccc(/C=C/C(=O)CC(=O)/C=C/c2ccc(O)c(OC)c2)cc1OC. The van der Waals surface area contributed by atoms with E-state index in [0.29, 0.717) is 30.7 Å². The van der Waals surface area contributed by atoms with Gasteiger partial charge in [0.05, 0.1) is 33.9 Å². The number of ether oxygens (including phenoxy) is 4. The molecule has 0 atom stereocenters. The molecule has 0 radical (unpaired) electrons. The Kier molecular flexibility index (Phi) is 25.1. The molecule has 57 heavy (non-hydrogen) atoms. The molecule has 306 valence electrons. The molecule has 3 N–H and O–H groups in total. The maximum absolute atomic E-state index is 12.4. The summed E-state index contributed by atoms with van der Waals surface area (Å²) >= 11 is 0. The van der Waals surface area contributed by atoms with Crippen LogP contribution in [0.1, 0.15) is 75.8 Å². The topological polar surface area (TPSA) is 149 Å². The number of phenols is 1. The van der Waals surface area contributed by atoms with Crippen molar-refractivity contribution < 1.29 is 43.2 Å². The molecular formula is C46H58N2O9. The summed E-state index contributed by atoms with van der Waals surface area (Å²) in [5, 5.41) is 15.1. The van der Waals surface area contributed by atoms with Crippen LogP contribution in [0, 0.1) is 0 Å². The molecule has 0 unspecified atom stereocenters. The summed E-state index contributed by atoms with van der Waals surface area (Å²) in [4.78, 5) is 49.0. The molecule has 0 aliphatic carbocycles. The minimum atomic E-state index is -0.700. The van der Waals surface area contributed by atoms with Crippen LogP contribution >= 0.6 is 0 Å². The van der Waals surface area contributed by atoms with Gasteiger partial charge in [-0.25, -0.2) is 4.79 Å². The van der Waals surface area contributed by atoms with E-state index in [2.05, 4.69) is 78.3 Å². The lowest BCUT2D eigenvalue weighted by molar-refractivity contribution is -0.122. The Balaban J connectivity index is 1.55. The number of carbonyl (C=O) groups excluding carboxylic acids is 4. The van der Waals surface area contributed by atoms with Gasteiger partial charge < -0.3 is 34.7 Å². The molecule has 0 saturated heterocycles. The lowest BCUT2D eigenvalue weighted by atomic mass is 10.1. The minimum absolute atomic E-state index is 0.0162. The van der Waals surface area contributed by atoms with Gasteiger partial charge in [-0.3, -0.25) is 14.4 Å². The molecule has 11 nitrogen and oxygen atoms in total. The standard InChI is InChI=1S/C46H58N2O9/c1-4-5-6-7-8-9-10-11-12-13-14-15-16-17-18-19-20-21-45(52)47-30-32-56-33-31-48-46(53)57-42-29-25-38(35-44(42)55-3)23-27-40(50)36-39(49)26-22-37-24-28-41(51)43(34-37)54-2/h5-6,8-9,11-12,14-15,17-18,22-29,34-35,51H,4,7,10,13,16,19-21,30-33,36H2,1-3H3,(H,47,52)(H,48,53)/b6-5-,9-8-,12-11-,15-14-,18-17-,26-22+,27-23+. The number of allylic oxidation sites excluding steroid dienone is 12. The highest BCUT2D eigenvalue weighted by Crippen LogP contribution is 2.29. The number of unbranched alkanes of at least 4 members (excludes halogenated alkanes) is 1. The lowest BCUT2D eigenvalue weighted by Crippen LogP contribution is -2.31. The van der Waals surface area contributed by atoms with Gasteiger partial charge in [0.2, 0.25) is 5.91 Å². The summed E-state index contributed by atoms with van der Waals surface area (Å²) in [6.07, 6.45) is 33.2. The van der Waals surface area contributed by atoms with Gasteiger partial charge in [0.1, 0.15) is 0 Å². The van der Waals surface area contributed by atoms with Crippen LogP contribution in [0.3, 0.4) is 0 Å². The highest BCUT2D eigenvalue weighted by molar-refractivity contribution is 6.10. The highest BCUT2D eigenvalue weighted by Gasteiger charge is 2.11. The van der Waals surface area contributed by atoms with Gasteiger partial charge in [0.25, 0.3) is 0 Å². The van der Waals surface area contributed by atoms with Gasteiger partial charge in [-0.2, -0.15) is 0 Å². The number of amides is 2. The number of aromatic hydroxyl groups is 1. The molecule has 2 rings (SSSR count). The fourth-order valence-corrected chi connectivity index (χ4v) is 4.90.